The average molecular weight is 306 g/mol. The summed E-state index contributed by atoms with van der Waals surface area (Å²) in [6, 6.07) is 8.13. The fourth-order valence-electron chi connectivity index (χ4n) is 1.62. The molecule has 0 aliphatic carbocycles. The summed E-state index contributed by atoms with van der Waals surface area (Å²) in [5, 5.41) is 1.10. The van der Waals surface area contributed by atoms with Crippen LogP contribution >= 0.6 is 15.9 Å². The second kappa shape index (κ2) is 5.48. The molecule has 0 radical (unpaired) electrons. The van der Waals surface area contributed by atoms with Gasteiger partial charge in [0.2, 0.25) is 0 Å². The second-order valence-corrected chi connectivity index (χ2v) is 5.08. The highest BCUT2D eigenvalue weighted by atomic mass is 79.9. The fraction of sp³-hybridized carbons (Fsp3) is 0.286. The Morgan fingerprint density at radius 2 is 2.22 bits per heavy atom. The Bertz CT molecular complexity index is 593. The molecule has 0 aliphatic rings. The van der Waals surface area contributed by atoms with Crippen LogP contribution in [0, 0.1) is 6.92 Å². The average Bonchev–Trinajstić information content (AvgIpc) is 2.37. The van der Waals surface area contributed by atoms with Gasteiger partial charge in [-0.3, -0.25) is 0 Å². The van der Waals surface area contributed by atoms with Crippen molar-refractivity contribution in [2.24, 2.45) is 4.99 Å². The van der Waals surface area contributed by atoms with Gasteiger partial charge in [-0.15, -0.1) is 0 Å². The van der Waals surface area contributed by atoms with Gasteiger partial charge in [0.1, 0.15) is 0 Å². The van der Waals surface area contributed by atoms with Gasteiger partial charge in [0.25, 0.3) is 0 Å². The first-order valence-electron chi connectivity index (χ1n) is 5.92. The van der Waals surface area contributed by atoms with E-state index in [1.807, 2.05) is 37.3 Å². The van der Waals surface area contributed by atoms with Crippen LogP contribution in [0.2, 0.25) is 0 Å². The first kappa shape index (κ1) is 13.0. The number of rotatable bonds is 3. The lowest BCUT2D eigenvalue weighted by atomic mass is 10.2. The molecular formula is C14H16BrN3. The van der Waals surface area contributed by atoms with Gasteiger partial charge in [0.15, 0.2) is 0 Å². The van der Waals surface area contributed by atoms with Crippen molar-refractivity contribution in [1.82, 2.24) is 9.88 Å². The number of hydrogen-bond donors (Lipinski definition) is 0. The molecule has 0 unspecified atom stereocenters. The minimum atomic E-state index is 0.918. The van der Waals surface area contributed by atoms with Gasteiger partial charge in [-0.25, -0.2) is 9.98 Å². The molecule has 0 saturated carbocycles. The number of para-hydroxylation sites is 1. The number of benzene rings is 1. The summed E-state index contributed by atoms with van der Waals surface area (Å²) in [7, 11) is 2.00. The third-order valence-corrected chi connectivity index (χ3v) is 3.49. The molecule has 4 heteroatoms. The van der Waals surface area contributed by atoms with Crippen molar-refractivity contribution in [2.75, 3.05) is 13.6 Å². The van der Waals surface area contributed by atoms with Crippen molar-refractivity contribution in [2.45, 2.75) is 13.8 Å². The van der Waals surface area contributed by atoms with E-state index in [0.717, 1.165) is 33.3 Å². The van der Waals surface area contributed by atoms with Crippen molar-refractivity contribution in [3.63, 3.8) is 0 Å². The van der Waals surface area contributed by atoms with E-state index in [9.17, 15) is 0 Å². The first-order chi connectivity index (χ1) is 8.61. The molecular weight excluding hydrogens is 290 g/mol. The second-order valence-electron chi connectivity index (χ2n) is 4.22. The van der Waals surface area contributed by atoms with E-state index in [1.165, 1.54) is 0 Å². The summed E-state index contributed by atoms with van der Waals surface area (Å²) in [6.07, 6.45) is 1.84. The van der Waals surface area contributed by atoms with E-state index in [0.29, 0.717) is 0 Å². The Kier molecular flexibility index (Phi) is 3.97. The molecule has 0 aliphatic heterocycles. The predicted molar refractivity (Wildman–Crippen MR) is 80.6 cm³/mol. The molecule has 1 aromatic heterocycles. The van der Waals surface area contributed by atoms with Crippen LogP contribution in [0.3, 0.4) is 0 Å². The van der Waals surface area contributed by atoms with E-state index < -0.39 is 0 Å². The molecule has 0 bridgehead atoms. The number of halogens is 1. The molecule has 1 heterocycles. The van der Waals surface area contributed by atoms with Crippen molar-refractivity contribution in [3.05, 3.63) is 34.4 Å². The van der Waals surface area contributed by atoms with Crippen LogP contribution in [-0.4, -0.2) is 29.8 Å². The van der Waals surface area contributed by atoms with Crippen LogP contribution in [-0.2, 0) is 0 Å². The molecule has 2 aromatic rings. The standard InChI is InChI=1S/C14H16BrN3/c1-4-18(3)9-16-13-8-11-6-5-7-12(15)14(11)17-10(13)2/h5-9H,4H2,1-3H3. The predicted octanol–water partition coefficient (Wildman–Crippen LogP) is 3.92. The van der Waals surface area contributed by atoms with E-state index in [2.05, 4.69) is 45.0 Å². The van der Waals surface area contributed by atoms with E-state index in [1.54, 1.807) is 0 Å². The summed E-state index contributed by atoms with van der Waals surface area (Å²) in [4.78, 5) is 11.1. The first-order valence-corrected chi connectivity index (χ1v) is 6.71. The van der Waals surface area contributed by atoms with Crippen molar-refractivity contribution in [1.29, 1.82) is 0 Å². The molecule has 18 heavy (non-hydrogen) atoms. The number of nitrogens with zero attached hydrogens (tertiary/aromatic N) is 3. The molecule has 1 aromatic carbocycles. The van der Waals surface area contributed by atoms with Crippen LogP contribution < -0.4 is 0 Å². The quantitative estimate of drug-likeness (QED) is 0.635. The van der Waals surface area contributed by atoms with Gasteiger partial charge in [-0.1, -0.05) is 12.1 Å². The summed E-state index contributed by atoms with van der Waals surface area (Å²) in [5.41, 5.74) is 2.84. The van der Waals surface area contributed by atoms with Crippen molar-refractivity contribution in [3.8, 4) is 0 Å². The molecule has 3 nitrogen and oxygen atoms in total. The molecule has 0 fully saturated rings. The lowest BCUT2D eigenvalue weighted by molar-refractivity contribution is 0.552. The number of aryl methyl sites for hydroxylation is 1. The summed E-state index contributed by atoms with van der Waals surface area (Å²) in [5.74, 6) is 0. The van der Waals surface area contributed by atoms with Gasteiger partial charge in [0, 0.05) is 23.5 Å². The molecule has 0 spiro atoms. The largest absolute Gasteiger partial charge is 0.366 e. The number of pyridine rings is 1. The van der Waals surface area contributed by atoms with Gasteiger partial charge in [-0.2, -0.15) is 0 Å². The summed E-state index contributed by atoms with van der Waals surface area (Å²) < 4.78 is 1.02. The number of aromatic nitrogens is 1. The fourth-order valence-corrected chi connectivity index (χ4v) is 2.09. The highest BCUT2D eigenvalue weighted by molar-refractivity contribution is 9.10. The van der Waals surface area contributed by atoms with Gasteiger partial charge < -0.3 is 4.90 Å². The third kappa shape index (κ3) is 2.70. The molecule has 0 N–H and O–H groups in total. The Morgan fingerprint density at radius 1 is 1.44 bits per heavy atom. The van der Waals surface area contributed by atoms with Gasteiger partial charge >= 0.3 is 0 Å². The SMILES string of the molecule is CCN(C)C=Nc1cc2cccc(Br)c2nc1C. The van der Waals surface area contributed by atoms with E-state index in [4.69, 9.17) is 0 Å². The zero-order valence-corrected chi connectivity index (χ0v) is 12.4. The summed E-state index contributed by atoms with van der Waals surface area (Å²) in [6.45, 7) is 5.02. The Hall–Kier alpha value is -1.42. The maximum atomic E-state index is 4.60. The Morgan fingerprint density at radius 3 is 2.94 bits per heavy atom. The van der Waals surface area contributed by atoms with Gasteiger partial charge in [-0.05, 0) is 41.9 Å². The Labute approximate surface area is 116 Å². The van der Waals surface area contributed by atoms with Crippen LogP contribution in [0.5, 0.6) is 0 Å². The zero-order chi connectivity index (χ0) is 13.1. The van der Waals surface area contributed by atoms with Crippen molar-refractivity contribution >= 4 is 38.9 Å². The van der Waals surface area contributed by atoms with Crippen LogP contribution in [0.25, 0.3) is 10.9 Å². The topological polar surface area (TPSA) is 28.5 Å². The van der Waals surface area contributed by atoms with Crippen LogP contribution in [0.4, 0.5) is 5.69 Å². The molecule has 0 atom stereocenters. The molecule has 0 saturated heterocycles. The highest BCUT2D eigenvalue weighted by Gasteiger charge is 2.04. The Balaban J connectivity index is 2.47. The van der Waals surface area contributed by atoms with Crippen LogP contribution in [0.15, 0.2) is 33.7 Å². The smallest absolute Gasteiger partial charge is 0.0910 e. The van der Waals surface area contributed by atoms with Crippen molar-refractivity contribution < 1.29 is 0 Å². The monoisotopic (exact) mass is 305 g/mol. The zero-order valence-electron chi connectivity index (χ0n) is 10.8. The molecule has 0 amide bonds. The molecule has 2 rings (SSSR count). The number of aliphatic imine (C=N–C) groups is 1. The van der Waals surface area contributed by atoms with E-state index in [-0.39, 0.29) is 0 Å². The maximum Gasteiger partial charge on any atom is 0.0910 e. The number of fused-ring (bicyclic) bond motifs is 1. The van der Waals surface area contributed by atoms with E-state index >= 15 is 0 Å². The number of hydrogen-bond acceptors (Lipinski definition) is 2. The third-order valence-electron chi connectivity index (χ3n) is 2.85. The molecule has 94 valence electrons. The lowest BCUT2D eigenvalue weighted by Gasteiger charge is -2.09. The minimum absolute atomic E-state index is 0.918. The normalized spacial score (nSPS) is 11.3. The lowest BCUT2D eigenvalue weighted by Crippen LogP contribution is -2.14. The minimum Gasteiger partial charge on any atom is -0.366 e. The highest BCUT2D eigenvalue weighted by Crippen LogP contribution is 2.27. The maximum absolute atomic E-state index is 4.60. The van der Waals surface area contributed by atoms with Crippen LogP contribution in [0.1, 0.15) is 12.6 Å². The van der Waals surface area contributed by atoms with Gasteiger partial charge in [0.05, 0.1) is 23.2 Å². The summed E-state index contributed by atoms with van der Waals surface area (Å²) >= 11 is 3.52.